The number of carbonyl (C=O) groups is 1. The first kappa shape index (κ1) is 13.1. The highest BCUT2D eigenvalue weighted by molar-refractivity contribution is 5.94. The number of rotatable bonds is 5. The van der Waals surface area contributed by atoms with E-state index in [1.807, 2.05) is 25.1 Å². The summed E-state index contributed by atoms with van der Waals surface area (Å²) in [5, 5.41) is 2.89. The van der Waals surface area contributed by atoms with E-state index >= 15 is 0 Å². The van der Waals surface area contributed by atoms with Gasteiger partial charge in [-0.2, -0.15) is 0 Å². The van der Waals surface area contributed by atoms with Crippen LogP contribution in [0.3, 0.4) is 0 Å². The first-order valence-corrected chi connectivity index (χ1v) is 7.12. The quantitative estimate of drug-likeness (QED) is 0.877. The highest BCUT2D eigenvalue weighted by atomic mass is 16.3. The molecule has 3 N–H and O–H groups in total. The molecule has 1 fully saturated rings. The standard InChI is InChI=1S/C15H19N3O2/c1-2-9(8-16)14(19)17-11-5-6-13-12(7-11)18-15(20-13)10-3-4-10/h5-7,9-10H,2-4,8,16H2,1H3,(H,17,19). The third-order valence-electron chi connectivity index (χ3n) is 3.75. The second-order valence-corrected chi connectivity index (χ2v) is 5.34. The fourth-order valence-electron chi connectivity index (χ4n) is 2.23. The van der Waals surface area contributed by atoms with Crippen molar-refractivity contribution in [2.45, 2.75) is 32.1 Å². The van der Waals surface area contributed by atoms with Crippen molar-refractivity contribution < 1.29 is 9.21 Å². The van der Waals surface area contributed by atoms with Crippen LogP contribution in [-0.2, 0) is 4.79 Å². The van der Waals surface area contributed by atoms with Crippen LogP contribution < -0.4 is 11.1 Å². The number of carbonyl (C=O) groups excluding carboxylic acids is 1. The summed E-state index contributed by atoms with van der Waals surface area (Å²) < 4.78 is 5.70. The topological polar surface area (TPSA) is 81.2 Å². The molecule has 1 aliphatic rings. The minimum Gasteiger partial charge on any atom is -0.440 e. The Hall–Kier alpha value is -1.88. The number of fused-ring (bicyclic) bond motifs is 1. The van der Waals surface area contributed by atoms with E-state index in [0.717, 1.165) is 41.9 Å². The van der Waals surface area contributed by atoms with Gasteiger partial charge in [-0.3, -0.25) is 4.79 Å². The molecule has 1 saturated carbocycles. The first-order chi connectivity index (χ1) is 9.71. The van der Waals surface area contributed by atoms with E-state index in [1.165, 1.54) is 0 Å². The highest BCUT2D eigenvalue weighted by Crippen LogP contribution is 2.40. The van der Waals surface area contributed by atoms with Crippen molar-refractivity contribution in [1.82, 2.24) is 4.98 Å². The SMILES string of the molecule is CCC(CN)C(=O)Nc1ccc2oc(C3CC3)nc2c1. The number of nitrogens with one attached hydrogen (secondary N) is 1. The Balaban J connectivity index is 1.79. The van der Waals surface area contributed by atoms with E-state index in [2.05, 4.69) is 10.3 Å². The van der Waals surface area contributed by atoms with E-state index in [4.69, 9.17) is 10.2 Å². The number of benzene rings is 1. The van der Waals surface area contributed by atoms with Crippen LogP contribution in [0.4, 0.5) is 5.69 Å². The summed E-state index contributed by atoms with van der Waals surface area (Å²) in [5.74, 6) is 1.12. The van der Waals surface area contributed by atoms with Crippen LogP contribution in [0.25, 0.3) is 11.1 Å². The molecule has 3 rings (SSSR count). The summed E-state index contributed by atoms with van der Waals surface area (Å²) in [7, 11) is 0. The highest BCUT2D eigenvalue weighted by Gasteiger charge is 2.28. The summed E-state index contributed by atoms with van der Waals surface area (Å²) in [6, 6.07) is 5.55. The average Bonchev–Trinajstić information content (AvgIpc) is 3.20. The van der Waals surface area contributed by atoms with Crippen LogP contribution in [0.2, 0.25) is 0 Å². The van der Waals surface area contributed by atoms with Crippen LogP contribution in [-0.4, -0.2) is 17.4 Å². The zero-order chi connectivity index (χ0) is 14.1. The Morgan fingerprint density at radius 3 is 3.00 bits per heavy atom. The van der Waals surface area contributed by atoms with Gasteiger partial charge in [-0.15, -0.1) is 0 Å². The summed E-state index contributed by atoms with van der Waals surface area (Å²) >= 11 is 0. The lowest BCUT2D eigenvalue weighted by Crippen LogP contribution is -2.28. The van der Waals surface area contributed by atoms with E-state index in [1.54, 1.807) is 0 Å². The summed E-state index contributed by atoms with van der Waals surface area (Å²) in [4.78, 5) is 16.5. The molecule has 106 valence electrons. The number of hydrogen-bond acceptors (Lipinski definition) is 4. The largest absolute Gasteiger partial charge is 0.440 e. The molecule has 1 atom stereocenters. The zero-order valence-electron chi connectivity index (χ0n) is 11.6. The molecule has 0 bridgehead atoms. The van der Waals surface area contributed by atoms with Crippen LogP contribution in [0.5, 0.6) is 0 Å². The normalized spacial score (nSPS) is 16.3. The maximum absolute atomic E-state index is 12.0. The monoisotopic (exact) mass is 273 g/mol. The first-order valence-electron chi connectivity index (χ1n) is 7.12. The van der Waals surface area contributed by atoms with Gasteiger partial charge in [0.2, 0.25) is 5.91 Å². The van der Waals surface area contributed by atoms with Gasteiger partial charge in [0.25, 0.3) is 0 Å². The zero-order valence-corrected chi connectivity index (χ0v) is 11.6. The molecule has 0 saturated heterocycles. The Kier molecular flexibility index (Phi) is 3.44. The maximum Gasteiger partial charge on any atom is 0.228 e. The van der Waals surface area contributed by atoms with Crippen LogP contribution in [0.15, 0.2) is 22.6 Å². The van der Waals surface area contributed by atoms with Crippen LogP contribution in [0, 0.1) is 5.92 Å². The Morgan fingerprint density at radius 1 is 1.55 bits per heavy atom. The smallest absolute Gasteiger partial charge is 0.228 e. The van der Waals surface area contributed by atoms with E-state index in [9.17, 15) is 4.79 Å². The number of hydrogen-bond donors (Lipinski definition) is 2. The predicted molar refractivity (Wildman–Crippen MR) is 77.4 cm³/mol. The molecule has 1 heterocycles. The second-order valence-electron chi connectivity index (χ2n) is 5.34. The molecule has 1 aliphatic carbocycles. The van der Waals surface area contributed by atoms with Crippen molar-refractivity contribution in [3.05, 3.63) is 24.1 Å². The molecule has 1 aromatic heterocycles. The number of nitrogens with two attached hydrogens (primary N) is 1. The van der Waals surface area contributed by atoms with Crippen molar-refractivity contribution in [3.8, 4) is 0 Å². The molecule has 5 nitrogen and oxygen atoms in total. The van der Waals surface area contributed by atoms with Gasteiger partial charge in [0, 0.05) is 18.2 Å². The number of aromatic nitrogens is 1. The number of oxazole rings is 1. The summed E-state index contributed by atoms with van der Waals surface area (Å²) in [5.41, 5.74) is 7.90. The molecule has 1 unspecified atom stereocenters. The van der Waals surface area contributed by atoms with Gasteiger partial charge in [-0.05, 0) is 37.5 Å². The lowest BCUT2D eigenvalue weighted by Gasteiger charge is -2.12. The summed E-state index contributed by atoms with van der Waals surface area (Å²) in [6.07, 6.45) is 3.05. The lowest BCUT2D eigenvalue weighted by atomic mass is 10.1. The van der Waals surface area contributed by atoms with Crippen LogP contribution >= 0.6 is 0 Å². The van der Waals surface area contributed by atoms with Crippen molar-refractivity contribution >= 4 is 22.7 Å². The molecule has 0 aliphatic heterocycles. The van der Waals surface area contributed by atoms with Gasteiger partial charge < -0.3 is 15.5 Å². The minimum absolute atomic E-state index is 0.0414. The molecular weight excluding hydrogens is 254 g/mol. The van der Waals surface area contributed by atoms with Gasteiger partial charge >= 0.3 is 0 Å². The average molecular weight is 273 g/mol. The number of nitrogens with zero attached hydrogens (tertiary/aromatic N) is 1. The molecular formula is C15H19N3O2. The van der Waals surface area contributed by atoms with Crippen molar-refractivity contribution in [1.29, 1.82) is 0 Å². The fraction of sp³-hybridized carbons (Fsp3) is 0.467. The third kappa shape index (κ3) is 2.54. The van der Waals surface area contributed by atoms with Gasteiger partial charge in [-0.25, -0.2) is 4.98 Å². The molecule has 0 radical (unpaired) electrons. The van der Waals surface area contributed by atoms with Gasteiger partial charge in [-0.1, -0.05) is 6.92 Å². The number of anilines is 1. The van der Waals surface area contributed by atoms with Gasteiger partial charge in [0.15, 0.2) is 11.5 Å². The molecule has 2 aromatic rings. The molecule has 1 amide bonds. The van der Waals surface area contributed by atoms with Gasteiger partial charge in [0.1, 0.15) is 5.52 Å². The van der Waals surface area contributed by atoms with Crippen molar-refractivity contribution in [2.75, 3.05) is 11.9 Å². The van der Waals surface area contributed by atoms with Crippen molar-refractivity contribution in [3.63, 3.8) is 0 Å². The van der Waals surface area contributed by atoms with E-state index < -0.39 is 0 Å². The Labute approximate surface area is 117 Å². The molecule has 0 spiro atoms. The van der Waals surface area contributed by atoms with Crippen molar-refractivity contribution in [2.24, 2.45) is 11.7 Å². The lowest BCUT2D eigenvalue weighted by molar-refractivity contribution is -0.119. The summed E-state index contributed by atoms with van der Waals surface area (Å²) in [6.45, 7) is 2.32. The molecule has 5 heteroatoms. The fourth-order valence-corrected chi connectivity index (χ4v) is 2.23. The Bertz CT molecular complexity index is 627. The second kappa shape index (κ2) is 5.25. The third-order valence-corrected chi connectivity index (χ3v) is 3.75. The van der Waals surface area contributed by atoms with E-state index in [0.29, 0.717) is 12.5 Å². The number of amides is 1. The predicted octanol–water partition coefficient (Wildman–Crippen LogP) is 2.63. The van der Waals surface area contributed by atoms with Crippen LogP contribution in [0.1, 0.15) is 38.0 Å². The van der Waals surface area contributed by atoms with Gasteiger partial charge in [0.05, 0.1) is 5.92 Å². The molecule has 1 aromatic carbocycles. The molecule has 20 heavy (non-hydrogen) atoms. The minimum atomic E-state index is -0.148. The maximum atomic E-state index is 12.0. The van der Waals surface area contributed by atoms with E-state index in [-0.39, 0.29) is 11.8 Å². The Morgan fingerprint density at radius 2 is 2.35 bits per heavy atom.